The minimum atomic E-state index is -2.82. The molecule has 0 saturated carbocycles. The molecule has 0 amide bonds. The normalized spacial score (nSPS) is 19.0. The fraction of sp³-hybridized carbons (Fsp3) is 0.429. The molecular weight excluding hydrogens is 347 g/mol. The topological polar surface area (TPSA) is 47.9 Å². The van der Waals surface area contributed by atoms with Gasteiger partial charge in [-0.2, -0.15) is 0 Å². The Hall–Kier alpha value is -1.77. The second-order valence-electron chi connectivity index (χ2n) is 7.56. The summed E-state index contributed by atoms with van der Waals surface area (Å²) in [6.07, 6.45) is 0. The van der Waals surface area contributed by atoms with Crippen LogP contribution in [0, 0.1) is 19.8 Å². The molecule has 0 aromatic heterocycles. The number of aryl methyl sites for hydroxylation is 2. The Kier molecular flexibility index (Phi) is 4.94. The number of fused-ring (bicyclic) bond motifs is 1. The van der Waals surface area contributed by atoms with Crippen molar-refractivity contribution in [1.82, 2.24) is 0 Å². The van der Waals surface area contributed by atoms with Gasteiger partial charge in [-0.15, -0.1) is 0 Å². The minimum absolute atomic E-state index is 0.165. The first-order valence-electron chi connectivity index (χ1n) is 8.99. The van der Waals surface area contributed by atoms with E-state index in [1.165, 1.54) is 0 Å². The van der Waals surface area contributed by atoms with E-state index in [2.05, 4.69) is 19.9 Å². The van der Waals surface area contributed by atoms with E-state index in [0.717, 1.165) is 44.8 Å². The number of rotatable bonds is 4. The first-order chi connectivity index (χ1) is 12.2. The van der Waals surface area contributed by atoms with E-state index in [1.54, 1.807) is 14.2 Å². The van der Waals surface area contributed by atoms with Crippen molar-refractivity contribution in [2.24, 2.45) is 5.92 Å². The van der Waals surface area contributed by atoms with Gasteiger partial charge in [0.15, 0.2) is 0 Å². The van der Waals surface area contributed by atoms with Crippen LogP contribution in [0.3, 0.4) is 0 Å². The van der Waals surface area contributed by atoms with Gasteiger partial charge in [0, 0.05) is 0 Å². The number of ether oxygens (including phenoxy) is 3. The van der Waals surface area contributed by atoms with Gasteiger partial charge in [0.25, 0.3) is 0 Å². The second kappa shape index (κ2) is 6.75. The fourth-order valence-electron chi connectivity index (χ4n) is 4.26. The van der Waals surface area contributed by atoms with Crippen LogP contribution < -0.4 is 19.5 Å². The van der Waals surface area contributed by atoms with Crippen LogP contribution in [-0.4, -0.2) is 31.6 Å². The Labute approximate surface area is 156 Å². The van der Waals surface area contributed by atoms with Crippen molar-refractivity contribution in [2.75, 3.05) is 20.9 Å². The van der Waals surface area contributed by atoms with Gasteiger partial charge >= 0.3 is 156 Å². The summed E-state index contributed by atoms with van der Waals surface area (Å²) in [7, 11) is 0.527. The Morgan fingerprint density at radius 2 is 1.65 bits per heavy atom. The van der Waals surface area contributed by atoms with Gasteiger partial charge in [0.05, 0.1) is 0 Å². The van der Waals surface area contributed by atoms with Crippen molar-refractivity contribution >= 4 is 12.8 Å². The molecule has 1 atom stereocenters. The molecule has 142 valence electrons. The predicted octanol–water partition coefficient (Wildman–Crippen LogP) is 4.27. The summed E-state index contributed by atoms with van der Waals surface area (Å²) in [4.78, 5) is 11.5. The van der Waals surface area contributed by atoms with Crippen LogP contribution in [0.5, 0.6) is 17.2 Å². The van der Waals surface area contributed by atoms with Crippen molar-refractivity contribution < 1.29 is 19.1 Å². The van der Waals surface area contributed by atoms with Gasteiger partial charge in [0.2, 0.25) is 0 Å². The summed E-state index contributed by atoms with van der Waals surface area (Å²) in [5, 5.41) is 0.931. The number of hydrogen-bond acceptors (Lipinski definition) is 4. The average Bonchev–Trinajstić information content (AvgIpc) is 2.86. The van der Waals surface area contributed by atoms with Crippen molar-refractivity contribution in [1.29, 1.82) is 0 Å². The van der Waals surface area contributed by atoms with Crippen LogP contribution in [0.15, 0.2) is 24.3 Å². The standard InChI is InChI=1S/C21H29O4P/c1-12(2)21-25-16-10-8-9-15(20(16)26(21,7)22)17-18(23-5)13(3)11-14(4)19(17)24-6/h8-12,21-22,26H,1-7H3/t21-/m0/s1. The van der Waals surface area contributed by atoms with E-state index in [4.69, 9.17) is 14.2 Å². The molecule has 0 bridgehead atoms. The Morgan fingerprint density at radius 3 is 2.15 bits per heavy atom. The number of hydrogen-bond donors (Lipinski definition) is 1. The zero-order chi connectivity index (χ0) is 19.2. The van der Waals surface area contributed by atoms with Crippen LogP contribution in [-0.2, 0) is 0 Å². The third-order valence-corrected chi connectivity index (χ3v) is 8.65. The Balaban J connectivity index is 2.35. The number of methoxy groups -OCH3 is 2. The summed E-state index contributed by atoms with van der Waals surface area (Å²) < 4.78 is 17.7. The summed E-state index contributed by atoms with van der Waals surface area (Å²) in [5.41, 5.74) is 3.92. The molecule has 5 heteroatoms. The van der Waals surface area contributed by atoms with E-state index < -0.39 is 7.49 Å². The molecule has 2 aromatic rings. The third kappa shape index (κ3) is 2.76. The molecule has 1 aliphatic heterocycles. The zero-order valence-electron chi connectivity index (χ0n) is 16.6. The molecular formula is C21H29O4P. The monoisotopic (exact) mass is 376 g/mol. The molecule has 0 spiro atoms. The van der Waals surface area contributed by atoms with Crippen LogP contribution in [0.4, 0.5) is 0 Å². The van der Waals surface area contributed by atoms with Crippen LogP contribution in [0.2, 0.25) is 0 Å². The maximum atomic E-state index is 11.5. The van der Waals surface area contributed by atoms with Gasteiger partial charge in [-0.25, -0.2) is 0 Å². The molecule has 0 saturated heterocycles. The Bertz CT molecular complexity index is 814. The molecule has 1 heterocycles. The van der Waals surface area contributed by atoms with Crippen molar-refractivity contribution in [3.8, 4) is 28.4 Å². The molecule has 1 N–H and O–H groups in total. The van der Waals surface area contributed by atoms with Gasteiger partial charge in [-0.05, 0) is 0 Å². The first kappa shape index (κ1) is 19.0. The van der Waals surface area contributed by atoms with Crippen LogP contribution in [0.1, 0.15) is 25.0 Å². The van der Waals surface area contributed by atoms with Gasteiger partial charge in [0.1, 0.15) is 0 Å². The summed E-state index contributed by atoms with van der Waals surface area (Å²) >= 11 is 0. The van der Waals surface area contributed by atoms with Crippen LogP contribution in [0.25, 0.3) is 11.1 Å². The van der Waals surface area contributed by atoms with E-state index in [9.17, 15) is 4.89 Å². The first-order valence-corrected chi connectivity index (χ1v) is 11.5. The maximum absolute atomic E-state index is 11.5. The average molecular weight is 376 g/mol. The van der Waals surface area contributed by atoms with Crippen molar-refractivity contribution in [3.05, 3.63) is 35.4 Å². The predicted molar refractivity (Wildman–Crippen MR) is 110 cm³/mol. The molecule has 1 aliphatic rings. The SMILES string of the molecule is COc1c(C)cc(C)c(OC)c1-c1cccc2c1[PH](C)(O)[C@@H](C(C)C)O2. The fourth-order valence-corrected chi connectivity index (χ4v) is 7.60. The number of benzene rings is 2. The van der Waals surface area contributed by atoms with E-state index in [0.29, 0.717) is 0 Å². The summed E-state index contributed by atoms with van der Waals surface area (Å²) in [6.45, 7) is 10.2. The summed E-state index contributed by atoms with van der Waals surface area (Å²) in [5.74, 6) is 2.40. The van der Waals surface area contributed by atoms with E-state index in [-0.39, 0.29) is 11.8 Å². The molecule has 0 unspecified atom stereocenters. The Morgan fingerprint density at radius 1 is 1.08 bits per heavy atom. The molecule has 0 radical (unpaired) electrons. The van der Waals surface area contributed by atoms with Gasteiger partial charge < -0.3 is 0 Å². The van der Waals surface area contributed by atoms with Gasteiger partial charge in [-0.1, -0.05) is 0 Å². The van der Waals surface area contributed by atoms with E-state index >= 15 is 0 Å². The quantitative estimate of drug-likeness (QED) is 0.810. The van der Waals surface area contributed by atoms with Crippen molar-refractivity contribution in [3.63, 3.8) is 0 Å². The summed E-state index contributed by atoms with van der Waals surface area (Å²) in [6, 6.07) is 8.02. The van der Waals surface area contributed by atoms with Crippen LogP contribution >= 0.6 is 7.49 Å². The molecule has 4 nitrogen and oxygen atoms in total. The molecule has 3 rings (SSSR count). The third-order valence-electron chi connectivity index (χ3n) is 5.23. The zero-order valence-corrected chi connectivity index (χ0v) is 17.6. The molecule has 0 aliphatic carbocycles. The van der Waals surface area contributed by atoms with Crippen molar-refractivity contribution in [2.45, 2.75) is 33.5 Å². The molecule has 2 aromatic carbocycles. The van der Waals surface area contributed by atoms with E-state index in [1.807, 2.05) is 38.7 Å². The second-order valence-corrected chi connectivity index (χ2v) is 10.9. The van der Waals surface area contributed by atoms with Gasteiger partial charge in [-0.3, -0.25) is 0 Å². The molecule has 0 fully saturated rings. The molecule has 26 heavy (non-hydrogen) atoms.